The molecule has 1 saturated heterocycles. The monoisotopic (exact) mass is 527 g/mol. The summed E-state index contributed by atoms with van der Waals surface area (Å²) >= 11 is 0. The van der Waals surface area contributed by atoms with Crippen molar-refractivity contribution >= 4 is 22.8 Å². The molecule has 2 unspecified atom stereocenters. The van der Waals surface area contributed by atoms with Crippen LogP contribution < -0.4 is 0 Å². The van der Waals surface area contributed by atoms with Crippen LogP contribution in [0.15, 0.2) is 42.5 Å². The Morgan fingerprint density at radius 1 is 1.00 bits per heavy atom. The zero-order valence-electron chi connectivity index (χ0n) is 23.4. The minimum absolute atomic E-state index is 0.193. The molecule has 3 aromatic rings. The third kappa shape index (κ3) is 5.00. The molecule has 6 heteroatoms. The molecule has 0 spiro atoms. The lowest BCUT2D eigenvalue weighted by Crippen LogP contribution is -2.42. The number of carboxylic acid groups (broad SMARTS) is 1. The number of carbonyl (C=O) groups is 2. The van der Waals surface area contributed by atoms with Crippen LogP contribution >= 0.6 is 0 Å². The van der Waals surface area contributed by atoms with Gasteiger partial charge in [-0.1, -0.05) is 49.6 Å². The van der Waals surface area contributed by atoms with E-state index < -0.39 is 5.97 Å². The maximum atomic E-state index is 14.1. The van der Waals surface area contributed by atoms with E-state index in [2.05, 4.69) is 40.8 Å². The van der Waals surface area contributed by atoms with Crippen LogP contribution in [0.2, 0.25) is 0 Å². The lowest BCUT2D eigenvalue weighted by molar-refractivity contribution is -0.135. The van der Waals surface area contributed by atoms with Crippen molar-refractivity contribution in [1.29, 1.82) is 0 Å². The van der Waals surface area contributed by atoms with Crippen molar-refractivity contribution in [1.82, 2.24) is 14.4 Å². The first-order valence-corrected chi connectivity index (χ1v) is 14.8. The van der Waals surface area contributed by atoms with E-state index in [1.165, 1.54) is 54.5 Å². The van der Waals surface area contributed by atoms with E-state index >= 15 is 0 Å². The minimum Gasteiger partial charge on any atom is -0.478 e. The second-order valence-electron chi connectivity index (χ2n) is 12.3. The summed E-state index contributed by atoms with van der Waals surface area (Å²) in [4.78, 5) is 30.4. The second kappa shape index (κ2) is 10.8. The number of nitrogens with zero attached hydrogens (tertiary/aromatic N) is 3. The number of carboxylic acids is 1. The van der Waals surface area contributed by atoms with Crippen molar-refractivity contribution in [2.45, 2.75) is 63.8 Å². The van der Waals surface area contributed by atoms with Crippen molar-refractivity contribution in [3.63, 3.8) is 0 Å². The Bertz CT molecular complexity index is 1390. The highest BCUT2D eigenvalue weighted by Crippen LogP contribution is 2.46. The van der Waals surface area contributed by atoms with Gasteiger partial charge < -0.3 is 19.5 Å². The first-order chi connectivity index (χ1) is 18.9. The van der Waals surface area contributed by atoms with Gasteiger partial charge in [0, 0.05) is 43.1 Å². The van der Waals surface area contributed by atoms with Crippen molar-refractivity contribution in [3.8, 4) is 11.3 Å². The molecule has 3 aliphatic rings. The SMILES string of the molecule is CN1CCCC(CN(C)C(=O)C2Cc3ccccc3-c3c(C4CCCCC4)c4ccc(C(=O)O)cc4n3C2)C1. The summed E-state index contributed by atoms with van der Waals surface area (Å²) in [6, 6.07) is 14.2. The fourth-order valence-electron chi connectivity index (χ4n) is 7.65. The largest absolute Gasteiger partial charge is 0.478 e. The van der Waals surface area contributed by atoms with Gasteiger partial charge in [0.05, 0.1) is 17.2 Å². The summed E-state index contributed by atoms with van der Waals surface area (Å²) in [5.41, 5.74) is 6.26. The predicted octanol–water partition coefficient (Wildman–Crippen LogP) is 6.03. The van der Waals surface area contributed by atoms with Gasteiger partial charge in [-0.2, -0.15) is 0 Å². The molecule has 0 radical (unpaired) electrons. The molecule has 206 valence electrons. The van der Waals surface area contributed by atoms with Crippen LogP contribution in [-0.4, -0.2) is 65.1 Å². The van der Waals surface area contributed by atoms with Gasteiger partial charge in [0.15, 0.2) is 0 Å². The molecule has 2 atom stereocenters. The molecular formula is C33H41N3O3. The molecule has 39 heavy (non-hydrogen) atoms. The summed E-state index contributed by atoms with van der Waals surface area (Å²) in [5, 5.41) is 11.0. The molecule has 0 bridgehead atoms. The standard InChI is InChI=1S/C33H41N3O3/c1-34-16-8-9-22(19-34)20-35(2)32(37)26-17-24-12-6-7-13-27(24)31-30(23-10-4-3-5-11-23)28-15-14-25(33(38)39)18-29(28)36(31)21-26/h6-7,12-15,18,22-23,26H,3-5,8-11,16-17,19-21H2,1-2H3,(H,38,39). The molecule has 3 heterocycles. The van der Waals surface area contributed by atoms with Gasteiger partial charge in [0.25, 0.3) is 0 Å². The second-order valence-corrected chi connectivity index (χ2v) is 12.3. The fraction of sp³-hybridized carbons (Fsp3) is 0.515. The Balaban J connectivity index is 1.45. The zero-order valence-corrected chi connectivity index (χ0v) is 23.4. The van der Waals surface area contributed by atoms with Crippen molar-refractivity contribution < 1.29 is 14.7 Å². The van der Waals surface area contributed by atoms with E-state index in [-0.39, 0.29) is 11.8 Å². The highest BCUT2D eigenvalue weighted by atomic mass is 16.4. The van der Waals surface area contributed by atoms with Gasteiger partial charge in [0.2, 0.25) is 5.91 Å². The number of carbonyl (C=O) groups excluding carboxylic acids is 1. The van der Waals surface area contributed by atoms with Crippen LogP contribution in [0.3, 0.4) is 0 Å². The van der Waals surface area contributed by atoms with Gasteiger partial charge in [-0.25, -0.2) is 4.79 Å². The van der Waals surface area contributed by atoms with Gasteiger partial charge in [0.1, 0.15) is 0 Å². The number of hydrogen-bond donors (Lipinski definition) is 1. The van der Waals surface area contributed by atoms with Crippen LogP contribution in [-0.2, 0) is 17.8 Å². The van der Waals surface area contributed by atoms with Gasteiger partial charge in [-0.15, -0.1) is 0 Å². The average Bonchev–Trinajstić information content (AvgIpc) is 3.15. The number of aromatic nitrogens is 1. The van der Waals surface area contributed by atoms with E-state index in [1.807, 2.05) is 24.1 Å². The summed E-state index contributed by atoms with van der Waals surface area (Å²) in [6.07, 6.45) is 9.13. The summed E-state index contributed by atoms with van der Waals surface area (Å²) < 4.78 is 2.31. The summed E-state index contributed by atoms with van der Waals surface area (Å²) in [7, 11) is 4.14. The zero-order chi connectivity index (χ0) is 27.1. The molecule has 2 fully saturated rings. The van der Waals surface area contributed by atoms with Crippen molar-refractivity contribution in [2.75, 3.05) is 33.7 Å². The highest BCUT2D eigenvalue weighted by Gasteiger charge is 2.34. The Morgan fingerprint density at radius 2 is 1.79 bits per heavy atom. The van der Waals surface area contributed by atoms with Crippen molar-refractivity contribution in [3.05, 3.63) is 59.2 Å². The first-order valence-electron chi connectivity index (χ1n) is 14.8. The Hall–Kier alpha value is -3.12. The lowest BCUT2D eigenvalue weighted by Gasteiger charge is -2.33. The smallest absolute Gasteiger partial charge is 0.335 e. The van der Waals surface area contributed by atoms with E-state index in [1.54, 1.807) is 6.07 Å². The number of rotatable bonds is 5. The number of likely N-dealkylation sites (tertiary alicyclic amines) is 1. The number of aromatic carboxylic acids is 1. The predicted molar refractivity (Wildman–Crippen MR) is 155 cm³/mol. The van der Waals surface area contributed by atoms with Crippen LogP contribution in [0.5, 0.6) is 0 Å². The quantitative estimate of drug-likeness (QED) is 0.440. The molecule has 1 aliphatic carbocycles. The summed E-state index contributed by atoms with van der Waals surface area (Å²) in [6.45, 7) is 3.54. The third-order valence-corrected chi connectivity index (χ3v) is 9.49. The molecule has 1 saturated carbocycles. The number of piperidine rings is 1. The van der Waals surface area contributed by atoms with Crippen LogP contribution in [0.1, 0.15) is 72.3 Å². The molecule has 1 amide bonds. The Morgan fingerprint density at radius 3 is 2.56 bits per heavy atom. The molecule has 2 aliphatic heterocycles. The van der Waals surface area contributed by atoms with Crippen LogP contribution in [0.25, 0.3) is 22.2 Å². The molecular weight excluding hydrogens is 486 g/mol. The number of fused-ring (bicyclic) bond motifs is 5. The fourth-order valence-corrected chi connectivity index (χ4v) is 7.65. The number of amides is 1. The maximum absolute atomic E-state index is 14.1. The van der Waals surface area contributed by atoms with Gasteiger partial charge in [-0.05, 0) is 80.8 Å². The highest BCUT2D eigenvalue weighted by molar-refractivity contribution is 5.99. The van der Waals surface area contributed by atoms with E-state index in [0.717, 1.165) is 43.4 Å². The van der Waals surface area contributed by atoms with Gasteiger partial charge >= 0.3 is 5.97 Å². The van der Waals surface area contributed by atoms with Crippen molar-refractivity contribution in [2.24, 2.45) is 11.8 Å². The molecule has 6 nitrogen and oxygen atoms in total. The van der Waals surface area contributed by atoms with E-state index in [0.29, 0.717) is 30.4 Å². The lowest BCUT2D eigenvalue weighted by atomic mass is 9.81. The topological polar surface area (TPSA) is 65.8 Å². The average molecular weight is 528 g/mol. The number of hydrogen-bond acceptors (Lipinski definition) is 3. The van der Waals surface area contributed by atoms with E-state index in [9.17, 15) is 14.7 Å². The van der Waals surface area contributed by atoms with Crippen LogP contribution in [0.4, 0.5) is 0 Å². The minimum atomic E-state index is -0.912. The molecule has 1 N–H and O–H groups in total. The molecule has 6 rings (SSSR count). The normalized spacial score (nSPS) is 22.2. The molecule has 1 aromatic heterocycles. The third-order valence-electron chi connectivity index (χ3n) is 9.49. The van der Waals surface area contributed by atoms with Crippen LogP contribution in [0, 0.1) is 11.8 Å². The molecule has 2 aromatic carbocycles. The van der Waals surface area contributed by atoms with Gasteiger partial charge in [-0.3, -0.25) is 4.79 Å². The Kier molecular flexibility index (Phi) is 7.23. The number of benzene rings is 2. The Labute approximate surface area is 231 Å². The first kappa shape index (κ1) is 26.1. The van der Waals surface area contributed by atoms with E-state index in [4.69, 9.17) is 0 Å². The summed E-state index contributed by atoms with van der Waals surface area (Å²) in [5.74, 6) is 0.0584. The maximum Gasteiger partial charge on any atom is 0.335 e.